The molecule has 0 saturated heterocycles. The fraction of sp³-hybridized carbons (Fsp3) is 0.214. The molecule has 0 radical (unpaired) electrons. The van der Waals surface area contributed by atoms with Crippen molar-refractivity contribution < 1.29 is 10.2 Å². The summed E-state index contributed by atoms with van der Waals surface area (Å²) in [5.74, 6) is 0.133. The predicted molar refractivity (Wildman–Crippen MR) is 78.0 cm³/mol. The summed E-state index contributed by atoms with van der Waals surface area (Å²) in [7, 11) is 0. The molecule has 19 heavy (non-hydrogen) atoms. The molecule has 1 aromatic heterocycles. The van der Waals surface area contributed by atoms with Crippen LogP contribution in [-0.4, -0.2) is 15.2 Å². The number of hydrogen-bond acceptors (Lipinski definition) is 4. The van der Waals surface area contributed by atoms with Crippen molar-refractivity contribution in [1.82, 2.24) is 4.98 Å². The molecular formula is C14H15BrN2O2. The number of halogens is 1. The Bertz CT molecular complexity index is 588. The maximum atomic E-state index is 10.0. The minimum Gasteiger partial charge on any atom is -0.506 e. The van der Waals surface area contributed by atoms with E-state index in [1.807, 2.05) is 24.3 Å². The number of anilines is 1. The van der Waals surface area contributed by atoms with Crippen molar-refractivity contribution in [2.24, 2.45) is 0 Å². The number of aliphatic hydroxyl groups is 1. The molecular weight excluding hydrogens is 308 g/mol. The van der Waals surface area contributed by atoms with Crippen molar-refractivity contribution in [2.75, 3.05) is 5.32 Å². The van der Waals surface area contributed by atoms with E-state index in [1.54, 1.807) is 13.1 Å². The van der Waals surface area contributed by atoms with Gasteiger partial charge >= 0.3 is 0 Å². The lowest BCUT2D eigenvalue weighted by molar-refractivity contribution is 0.279. The smallest absolute Gasteiger partial charge is 0.142 e. The Labute approximate surface area is 120 Å². The van der Waals surface area contributed by atoms with E-state index in [9.17, 15) is 10.2 Å². The van der Waals surface area contributed by atoms with Gasteiger partial charge in [0.25, 0.3) is 0 Å². The highest BCUT2D eigenvalue weighted by atomic mass is 79.9. The lowest BCUT2D eigenvalue weighted by Crippen LogP contribution is -2.05. The molecule has 0 aliphatic carbocycles. The molecule has 2 aromatic rings. The molecule has 5 heteroatoms. The monoisotopic (exact) mass is 322 g/mol. The van der Waals surface area contributed by atoms with Crippen molar-refractivity contribution in [1.29, 1.82) is 0 Å². The van der Waals surface area contributed by atoms with Crippen LogP contribution >= 0.6 is 15.9 Å². The largest absolute Gasteiger partial charge is 0.506 e. The first-order valence-electron chi connectivity index (χ1n) is 5.88. The van der Waals surface area contributed by atoms with Gasteiger partial charge in [0.15, 0.2) is 0 Å². The lowest BCUT2D eigenvalue weighted by Gasteiger charge is -2.13. The minimum absolute atomic E-state index is 0.133. The molecule has 0 amide bonds. The van der Waals surface area contributed by atoms with Crippen LogP contribution in [0.5, 0.6) is 5.75 Å². The highest BCUT2D eigenvalue weighted by Crippen LogP contribution is 2.25. The van der Waals surface area contributed by atoms with E-state index in [0.29, 0.717) is 23.4 Å². The molecule has 0 atom stereocenters. The van der Waals surface area contributed by atoms with Crippen molar-refractivity contribution in [3.8, 4) is 5.75 Å². The number of aromatic nitrogens is 1. The van der Waals surface area contributed by atoms with Gasteiger partial charge in [-0.1, -0.05) is 22.0 Å². The van der Waals surface area contributed by atoms with Gasteiger partial charge in [0.05, 0.1) is 12.3 Å². The van der Waals surface area contributed by atoms with Crippen LogP contribution in [0.15, 0.2) is 34.9 Å². The summed E-state index contributed by atoms with van der Waals surface area (Å²) >= 11 is 3.40. The number of pyridine rings is 1. The van der Waals surface area contributed by atoms with Crippen molar-refractivity contribution in [3.05, 3.63) is 51.8 Å². The average molecular weight is 323 g/mol. The molecule has 0 fully saturated rings. The summed E-state index contributed by atoms with van der Waals surface area (Å²) < 4.78 is 0.981. The van der Waals surface area contributed by atoms with Crippen LogP contribution in [0.4, 0.5) is 5.69 Å². The number of aromatic hydroxyl groups is 1. The Morgan fingerprint density at radius 3 is 2.84 bits per heavy atom. The number of hydrogen-bond donors (Lipinski definition) is 3. The Kier molecular flexibility index (Phi) is 4.39. The Balaban J connectivity index is 2.21. The molecule has 0 saturated carbocycles. The molecule has 1 aromatic carbocycles. The number of benzene rings is 1. The molecule has 1 heterocycles. The first-order chi connectivity index (χ1) is 9.11. The molecule has 100 valence electrons. The summed E-state index contributed by atoms with van der Waals surface area (Å²) in [6.45, 7) is 2.02. The van der Waals surface area contributed by atoms with Crippen molar-refractivity contribution in [2.45, 2.75) is 20.1 Å². The summed E-state index contributed by atoms with van der Waals surface area (Å²) in [5.41, 5.74) is 2.80. The van der Waals surface area contributed by atoms with Gasteiger partial charge in [0, 0.05) is 34.0 Å². The first-order valence-corrected chi connectivity index (χ1v) is 6.67. The Hall–Kier alpha value is -1.59. The first kappa shape index (κ1) is 13.8. The van der Waals surface area contributed by atoms with Crippen LogP contribution in [-0.2, 0) is 13.2 Å². The minimum atomic E-state index is -0.143. The lowest BCUT2D eigenvalue weighted by atomic mass is 10.1. The molecule has 0 unspecified atom stereocenters. The van der Waals surface area contributed by atoms with Gasteiger partial charge < -0.3 is 15.5 Å². The number of aryl methyl sites for hydroxylation is 1. The number of nitrogens with zero attached hydrogens (tertiary/aromatic N) is 1. The fourth-order valence-corrected chi connectivity index (χ4v) is 2.21. The van der Waals surface area contributed by atoms with Gasteiger partial charge in [0.2, 0.25) is 0 Å². The van der Waals surface area contributed by atoms with Crippen molar-refractivity contribution >= 4 is 21.6 Å². The van der Waals surface area contributed by atoms with E-state index in [2.05, 4.69) is 26.2 Å². The Morgan fingerprint density at radius 1 is 1.37 bits per heavy atom. The molecule has 0 spiro atoms. The number of aliphatic hydroxyl groups excluding tert-OH is 1. The number of rotatable bonds is 4. The third-order valence-electron chi connectivity index (χ3n) is 2.89. The van der Waals surface area contributed by atoms with E-state index in [4.69, 9.17) is 0 Å². The molecule has 3 N–H and O–H groups in total. The van der Waals surface area contributed by atoms with Gasteiger partial charge in [-0.3, -0.25) is 4.98 Å². The molecule has 0 aliphatic heterocycles. The maximum absolute atomic E-state index is 10.0. The topological polar surface area (TPSA) is 65.4 Å². The van der Waals surface area contributed by atoms with Gasteiger partial charge in [-0.15, -0.1) is 0 Å². The van der Waals surface area contributed by atoms with Crippen LogP contribution in [0, 0.1) is 6.92 Å². The normalized spacial score (nSPS) is 10.5. The molecule has 2 rings (SSSR count). The van der Waals surface area contributed by atoms with Crippen LogP contribution < -0.4 is 5.32 Å². The van der Waals surface area contributed by atoms with Crippen molar-refractivity contribution in [3.63, 3.8) is 0 Å². The van der Waals surface area contributed by atoms with E-state index in [-0.39, 0.29) is 12.4 Å². The highest BCUT2D eigenvalue weighted by molar-refractivity contribution is 9.10. The SMILES string of the molecule is Cc1ncc(CO)c(CNc2cccc(Br)c2)c1O. The fourth-order valence-electron chi connectivity index (χ4n) is 1.81. The molecule has 4 nitrogen and oxygen atoms in total. The standard InChI is InChI=1S/C14H15BrN2O2/c1-9-14(19)13(10(8-18)6-16-9)7-17-12-4-2-3-11(15)5-12/h2-6,17-19H,7-8H2,1H3. The zero-order valence-corrected chi connectivity index (χ0v) is 12.1. The molecule has 0 bridgehead atoms. The van der Waals surface area contributed by atoms with Gasteiger partial charge in [-0.05, 0) is 25.1 Å². The second-order valence-corrected chi connectivity index (χ2v) is 5.13. The van der Waals surface area contributed by atoms with Crippen LogP contribution in [0.25, 0.3) is 0 Å². The third kappa shape index (κ3) is 3.24. The van der Waals surface area contributed by atoms with E-state index >= 15 is 0 Å². The van der Waals surface area contributed by atoms with Gasteiger partial charge in [-0.2, -0.15) is 0 Å². The van der Waals surface area contributed by atoms with Gasteiger partial charge in [0.1, 0.15) is 5.75 Å². The van der Waals surface area contributed by atoms with Crippen LogP contribution in [0.1, 0.15) is 16.8 Å². The second-order valence-electron chi connectivity index (χ2n) is 4.22. The Morgan fingerprint density at radius 2 is 2.16 bits per heavy atom. The van der Waals surface area contributed by atoms with Gasteiger partial charge in [-0.25, -0.2) is 0 Å². The summed E-state index contributed by atoms with van der Waals surface area (Å²) in [5, 5.41) is 22.5. The predicted octanol–water partition coefficient (Wildman–Crippen LogP) is 2.96. The number of nitrogens with one attached hydrogen (secondary N) is 1. The van der Waals surface area contributed by atoms with E-state index < -0.39 is 0 Å². The second kappa shape index (κ2) is 6.04. The third-order valence-corrected chi connectivity index (χ3v) is 3.39. The maximum Gasteiger partial charge on any atom is 0.142 e. The quantitative estimate of drug-likeness (QED) is 0.809. The highest BCUT2D eigenvalue weighted by Gasteiger charge is 2.11. The summed E-state index contributed by atoms with van der Waals surface area (Å²) in [6, 6.07) is 7.76. The summed E-state index contributed by atoms with van der Waals surface area (Å²) in [6.07, 6.45) is 1.59. The van der Waals surface area contributed by atoms with Crippen LogP contribution in [0.2, 0.25) is 0 Å². The van der Waals surface area contributed by atoms with E-state index in [0.717, 1.165) is 10.2 Å². The van der Waals surface area contributed by atoms with Crippen LogP contribution in [0.3, 0.4) is 0 Å². The zero-order valence-electron chi connectivity index (χ0n) is 10.5. The average Bonchev–Trinajstić information content (AvgIpc) is 2.40. The van der Waals surface area contributed by atoms with E-state index in [1.165, 1.54) is 0 Å². The zero-order chi connectivity index (χ0) is 13.8. The summed E-state index contributed by atoms with van der Waals surface area (Å²) in [4.78, 5) is 4.03. The molecule has 0 aliphatic rings.